The number of aromatic nitrogens is 1. The second-order valence-corrected chi connectivity index (χ2v) is 7.79. The van der Waals surface area contributed by atoms with Gasteiger partial charge in [0.1, 0.15) is 0 Å². The molecule has 0 unspecified atom stereocenters. The zero-order valence-corrected chi connectivity index (χ0v) is 15.0. The molecule has 1 heterocycles. The number of carbonyl (C=O) groups is 1. The predicted molar refractivity (Wildman–Crippen MR) is 95.0 cm³/mol. The lowest BCUT2D eigenvalue weighted by Crippen LogP contribution is -2.49. The molecule has 1 aromatic heterocycles. The second kappa shape index (κ2) is 6.62. The van der Waals surface area contributed by atoms with E-state index in [1.165, 1.54) is 0 Å². The van der Waals surface area contributed by atoms with Crippen LogP contribution in [-0.4, -0.2) is 10.9 Å². The van der Waals surface area contributed by atoms with Gasteiger partial charge in [-0.3, -0.25) is 4.79 Å². The van der Waals surface area contributed by atoms with Gasteiger partial charge in [0.2, 0.25) is 5.91 Å². The SMILES string of the molecule is CC(C)c1nc(CNC(=O)C2(c3cccc(Cl)c3)CCC2)cs1. The van der Waals surface area contributed by atoms with Crippen molar-refractivity contribution in [1.82, 2.24) is 10.3 Å². The van der Waals surface area contributed by atoms with Crippen LogP contribution in [0, 0.1) is 0 Å². The summed E-state index contributed by atoms with van der Waals surface area (Å²) in [7, 11) is 0. The highest BCUT2D eigenvalue weighted by Crippen LogP contribution is 2.44. The zero-order valence-electron chi connectivity index (χ0n) is 13.4. The average molecular weight is 349 g/mol. The summed E-state index contributed by atoms with van der Waals surface area (Å²) in [5.41, 5.74) is 1.55. The molecule has 0 spiro atoms. The van der Waals surface area contributed by atoms with Crippen LogP contribution in [0.25, 0.3) is 0 Å². The first kappa shape index (κ1) is 16.5. The van der Waals surface area contributed by atoms with Crippen LogP contribution in [0.15, 0.2) is 29.6 Å². The first-order valence-electron chi connectivity index (χ1n) is 8.00. The molecule has 23 heavy (non-hydrogen) atoms. The van der Waals surface area contributed by atoms with E-state index in [1.807, 2.05) is 29.6 Å². The van der Waals surface area contributed by atoms with E-state index in [4.69, 9.17) is 11.6 Å². The molecule has 1 aliphatic rings. The topological polar surface area (TPSA) is 42.0 Å². The van der Waals surface area contributed by atoms with Crippen molar-refractivity contribution in [3.05, 3.63) is 50.9 Å². The number of carbonyl (C=O) groups excluding carboxylic acids is 1. The Balaban J connectivity index is 1.70. The van der Waals surface area contributed by atoms with Crippen LogP contribution in [0.4, 0.5) is 0 Å². The third-order valence-electron chi connectivity index (χ3n) is 4.51. The molecule has 0 bridgehead atoms. The van der Waals surface area contributed by atoms with Crippen molar-refractivity contribution in [3.63, 3.8) is 0 Å². The zero-order chi connectivity index (χ0) is 16.4. The summed E-state index contributed by atoms with van der Waals surface area (Å²) in [4.78, 5) is 17.4. The fourth-order valence-corrected chi connectivity index (χ4v) is 4.00. The molecule has 2 aromatic rings. The Bertz CT molecular complexity index is 707. The lowest BCUT2D eigenvalue weighted by molar-refractivity contribution is -0.130. The van der Waals surface area contributed by atoms with Crippen molar-refractivity contribution >= 4 is 28.8 Å². The summed E-state index contributed by atoms with van der Waals surface area (Å²) in [6.45, 7) is 4.75. The molecule has 1 aromatic carbocycles. The maximum atomic E-state index is 12.8. The molecule has 1 N–H and O–H groups in total. The van der Waals surface area contributed by atoms with Crippen molar-refractivity contribution in [2.24, 2.45) is 0 Å². The highest BCUT2D eigenvalue weighted by atomic mass is 35.5. The van der Waals surface area contributed by atoms with Crippen LogP contribution in [-0.2, 0) is 16.8 Å². The Morgan fingerprint density at radius 3 is 2.78 bits per heavy atom. The van der Waals surface area contributed by atoms with Crippen molar-refractivity contribution in [2.45, 2.75) is 51.0 Å². The van der Waals surface area contributed by atoms with Crippen molar-refractivity contribution in [1.29, 1.82) is 0 Å². The summed E-state index contributed by atoms with van der Waals surface area (Å²) >= 11 is 7.76. The molecule has 1 fully saturated rings. The minimum Gasteiger partial charge on any atom is -0.350 e. The van der Waals surface area contributed by atoms with E-state index in [1.54, 1.807) is 11.3 Å². The maximum Gasteiger partial charge on any atom is 0.230 e. The van der Waals surface area contributed by atoms with E-state index < -0.39 is 5.41 Å². The third kappa shape index (κ3) is 3.29. The molecule has 3 rings (SSSR count). The molecular weight excluding hydrogens is 328 g/mol. The quantitative estimate of drug-likeness (QED) is 0.853. The highest BCUT2D eigenvalue weighted by molar-refractivity contribution is 7.09. The highest BCUT2D eigenvalue weighted by Gasteiger charge is 2.45. The molecule has 1 amide bonds. The van der Waals surface area contributed by atoms with Crippen molar-refractivity contribution in [2.75, 3.05) is 0 Å². The van der Waals surface area contributed by atoms with Gasteiger partial charge in [-0.2, -0.15) is 0 Å². The van der Waals surface area contributed by atoms with E-state index >= 15 is 0 Å². The van der Waals surface area contributed by atoms with Gasteiger partial charge in [-0.15, -0.1) is 11.3 Å². The fraction of sp³-hybridized carbons (Fsp3) is 0.444. The molecule has 1 saturated carbocycles. The first-order valence-corrected chi connectivity index (χ1v) is 9.26. The number of benzene rings is 1. The first-order chi connectivity index (χ1) is 11.0. The van der Waals surface area contributed by atoms with Gasteiger partial charge >= 0.3 is 0 Å². The maximum absolute atomic E-state index is 12.8. The molecular formula is C18H21ClN2OS. The summed E-state index contributed by atoms with van der Waals surface area (Å²) < 4.78 is 0. The van der Waals surface area contributed by atoms with Gasteiger partial charge < -0.3 is 5.32 Å². The van der Waals surface area contributed by atoms with E-state index in [-0.39, 0.29) is 5.91 Å². The van der Waals surface area contributed by atoms with Crippen LogP contribution in [0.2, 0.25) is 5.02 Å². The Morgan fingerprint density at radius 1 is 1.43 bits per heavy atom. The summed E-state index contributed by atoms with van der Waals surface area (Å²) in [6.07, 6.45) is 2.84. The molecule has 0 radical (unpaired) electrons. The number of thiazole rings is 1. The standard InChI is InChI=1S/C18H21ClN2OS/c1-12(2)16-21-15(11-23-16)10-20-17(22)18(7-4-8-18)13-5-3-6-14(19)9-13/h3,5-6,9,11-12H,4,7-8,10H2,1-2H3,(H,20,22). The molecule has 122 valence electrons. The van der Waals surface area contributed by atoms with Crippen LogP contribution < -0.4 is 5.32 Å². The van der Waals surface area contributed by atoms with Gasteiger partial charge in [0.05, 0.1) is 22.7 Å². The van der Waals surface area contributed by atoms with E-state index in [0.29, 0.717) is 17.5 Å². The van der Waals surface area contributed by atoms with E-state index in [0.717, 1.165) is 35.5 Å². The smallest absolute Gasteiger partial charge is 0.230 e. The molecule has 5 heteroatoms. The number of halogens is 1. The lowest BCUT2D eigenvalue weighted by atomic mass is 9.64. The van der Waals surface area contributed by atoms with Crippen LogP contribution in [0.5, 0.6) is 0 Å². The molecule has 0 aliphatic heterocycles. The van der Waals surface area contributed by atoms with E-state index in [9.17, 15) is 4.79 Å². The molecule has 0 saturated heterocycles. The number of amides is 1. The Kier molecular flexibility index (Phi) is 4.74. The minimum absolute atomic E-state index is 0.0881. The third-order valence-corrected chi connectivity index (χ3v) is 5.94. The van der Waals surface area contributed by atoms with Gasteiger partial charge in [-0.25, -0.2) is 4.98 Å². The van der Waals surface area contributed by atoms with Crippen molar-refractivity contribution < 1.29 is 4.79 Å². The monoisotopic (exact) mass is 348 g/mol. The Morgan fingerprint density at radius 2 is 2.22 bits per heavy atom. The summed E-state index contributed by atoms with van der Waals surface area (Å²) in [5.74, 6) is 0.513. The van der Waals surface area contributed by atoms with Crippen LogP contribution in [0.1, 0.15) is 55.3 Å². The normalized spacial score (nSPS) is 16.2. The largest absolute Gasteiger partial charge is 0.350 e. The van der Waals surface area contributed by atoms with E-state index in [2.05, 4.69) is 24.1 Å². The number of hydrogen-bond acceptors (Lipinski definition) is 3. The summed E-state index contributed by atoms with van der Waals surface area (Å²) in [6, 6.07) is 7.68. The molecule has 0 atom stereocenters. The van der Waals surface area contributed by atoms with Crippen LogP contribution >= 0.6 is 22.9 Å². The predicted octanol–water partition coefficient (Wildman–Crippen LogP) is 4.66. The Labute approximate surface area is 146 Å². The fourth-order valence-electron chi connectivity index (χ4n) is 2.97. The number of hydrogen-bond donors (Lipinski definition) is 1. The van der Waals surface area contributed by atoms with Gasteiger partial charge in [0.15, 0.2) is 0 Å². The molecule has 1 aliphatic carbocycles. The van der Waals surface area contributed by atoms with Gasteiger partial charge in [-0.1, -0.05) is 44.0 Å². The molecule has 3 nitrogen and oxygen atoms in total. The van der Waals surface area contributed by atoms with Crippen molar-refractivity contribution in [3.8, 4) is 0 Å². The second-order valence-electron chi connectivity index (χ2n) is 6.46. The van der Waals surface area contributed by atoms with Gasteiger partial charge in [-0.05, 0) is 30.5 Å². The Hall–Kier alpha value is -1.39. The number of nitrogens with zero attached hydrogens (tertiary/aromatic N) is 1. The number of nitrogens with one attached hydrogen (secondary N) is 1. The van der Waals surface area contributed by atoms with Gasteiger partial charge in [0.25, 0.3) is 0 Å². The summed E-state index contributed by atoms with van der Waals surface area (Å²) in [5, 5.41) is 6.90. The minimum atomic E-state index is -0.415. The average Bonchev–Trinajstić information content (AvgIpc) is 2.93. The van der Waals surface area contributed by atoms with Gasteiger partial charge in [0, 0.05) is 16.3 Å². The van der Waals surface area contributed by atoms with Crippen LogP contribution in [0.3, 0.4) is 0 Å². The number of rotatable bonds is 5. The lowest BCUT2D eigenvalue weighted by Gasteiger charge is -2.40.